The lowest BCUT2D eigenvalue weighted by Crippen LogP contribution is -2.57. The first-order valence-corrected chi connectivity index (χ1v) is 16.3. The van der Waals surface area contributed by atoms with Crippen LogP contribution in [0.2, 0.25) is 0 Å². The Morgan fingerprint density at radius 2 is 1.43 bits per heavy atom. The first-order chi connectivity index (χ1) is 22.4. The molecule has 2 saturated heterocycles. The molecule has 2 N–H and O–H groups in total. The van der Waals surface area contributed by atoms with Gasteiger partial charge in [0.25, 0.3) is 0 Å². The van der Waals surface area contributed by atoms with E-state index in [0.717, 1.165) is 26.8 Å². The molecule has 0 aromatic heterocycles. The van der Waals surface area contributed by atoms with Crippen LogP contribution in [0, 0.1) is 11.8 Å². The van der Waals surface area contributed by atoms with E-state index in [0.29, 0.717) is 17.3 Å². The van der Waals surface area contributed by atoms with Gasteiger partial charge in [-0.2, -0.15) is 0 Å². The van der Waals surface area contributed by atoms with Crippen molar-refractivity contribution in [3.05, 3.63) is 139 Å². The second kappa shape index (κ2) is 12.5. The predicted molar refractivity (Wildman–Crippen MR) is 178 cm³/mol. The number of aliphatic carboxylic acids is 1. The molecule has 0 radical (unpaired) electrons. The average Bonchev–Trinajstić information content (AvgIpc) is 3.55. The Morgan fingerprint density at radius 1 is 0.783 bits per heavy atom. The van der Waals surface area contributed by atoms with Gasteiger partial charge in [-0.05, 0) is 58.3 Å². The number of carboxylic acids is 1. The molecule has 8 heteroatoms. The summed E-state index contributed by atoms with van der Waals surface area (Å²) in [5.41, 5.74) is -0.193. The lowest BCUT2D eigenvalue weighted by atomic mass is 9.76. The molecule has 46 heavy (non-hydrogen) atoms. The lowest BCUT2D eigenvalue weighted by molar-refractivity contribution is -0.151. The number of carbonyl (C=O) groups is 3. The van der Waals surface area contributed by atoms with Gasteiger partial charge in [0.2, 0.25) is 11.8 Å². The molecule has 7 rings (SSSR count). The summed E-state index contributed by atoms with van der Waals surface area (Å²) < 4.78 is 5.97. The van der Waals surface area contributed by atoms with Gasteiger partial charge in [0, 0.05) is 29.7 Å². The second-order valence-electron chi connectivity index (χ2n) is 11.7. The number of fused-ring (bicyclic) bond motifs is 2. The topological polar surface area (TPSA) is 95.9 Å². The van der Waals surface area contributed by atoms with E-state index in [2.05, 4.69) is 5.32 Å². The number of carbonyl (C=O) groups excluding carboxylic acids is 2. The third-order valence-electron chi connectivity index (χ3n) is 8.97. The van der Waals surface area contributed by atoms with Crippen molar-refractivity contribution < 1.29 is 24.2 Å². The summed E-state index contributed by atoms with van der Waals surface area (Å²) in [6.07, 6.45) is 0.0473. The Labute approximate surface area is 271 Å². The largest absolute Gasteiger partial charge is 0.480 e. The zero-order valence-electron chi connectivity index (χ0n) is 24.9. The third kappa shape index (κ3) is 5.55. The molecule has 7 nitrogen and oxygen atoms in total. The SMILES string of the molecule is O=C1C2C(c3ccc(Oc4ccccc4)cc3)NC(Cc3ccc4ccccc4c3)(C(=O)O)C2C(=O)N1CCSc1ccccc1. The van der Waals surface area contributed by atoms with E-state index in [1.54, 1.807) is 23.9 Å². The summed E-state index contributed by atoms with van der Waals surface area (Å²) in [5.74, 6) is -2.06. The van der Waals surface area contributed by atoms with E-state index in [4.69, 9.17) is 4.74 Å². The van der Waals surface area contributed by atoms with Crippen molar-refractivity contribution in [2.75, 3.05) is 12.3 Å². The number of rotatable bonds is 10. The number of nitrogens with one attached hydrogen (secondary N) is 1. The van der Waals surface area contributed by atoms with Crippen molar-refractivity contribution in [3.8, 4) is 11.5 Å². The highest BCUT2D eigenvalue weighted by molar-refractivity contribution is 7.99. The highest BCUT2D eigenvalue weighted by Gasteiger charge is 2.68. The first kappa shape index (κ1) is 29.8. The minimum atomic E-state index is -1.69. The van der Waals surface area contributed by atoms with Crippen molar-refractivity contribution in [1.29, 1.82) is 0 Å². The number of ether oxygens (including phenoxy) is 1. The van der Waals surface area contributed by atoms with Crippen LogP contribution < -0.4 is 10.1 Å². The maximum atomic E-state index is 14.2. The van der Waals surface area contributed by atoms with E-state index in [1.165, 1.54) is 4.90 Å². The zero-order valence-corrected chi connectivity index (χ0v) is 25.7. The molecule has 0 bridgehead atoms. The summed E-state index contributed by atoms with van der Waals surface area (Å²) in [6.45, 7) is 0.201. The number of amides is 2. The van der Waals surface area contributed by atoms with Crippen molar-refractivity contribution in [1.82, 2.24) is 10.2 Å². The van der Waals surface area contributed by atoms with Crippen LogP contribution in [0.4, 0.5) is 0 Å². The standard InChI is InChI=1S/C38H32N2O5S/c41-35-32-33(36(42)40(35)21-22-46-31-13-5-2-6-14-31)38(37(43)44,24-25-15-16-26-9-7-8-10-28(26)23-25)39-34(32)27-17-19-30(20-18-27)45-29-11-3-1-4-12-29/h1-20,23,32-34,39H,21-22,24H2,(H,43,44). The Bertz CT molecular complexity index is 1900. The number of nitrogens with zero attached hydrogens (tertiary/aromatic N) is 1. The number of imide groups is 1. The fourth-order valence-corrected chi connectivity index (χ4v) is 7.67. The summed E-state index contributed by atoms with van der Waals surface area (Å²) in [5, 5.41) is 16.3. The fourth-order valence-electron chi connectivity index (χ4n) is 6.81. The average molecular weight is 629 g/mol. The van der Waals surface area contributed by atoms with E-state index in [-0.39, 0.29) is 18.9 Å². The Hall–Kier alpha value is -4.92. The minimum absolute atomic E-state index is 0.0473. The number of hydrogen-bond acceptors (Lipinski definition) is 6. The van der Waals surface area contributed by atoms with Gasteiger partial charge in [-0.1, -0.05) is 91.0 Å². The molecule has 2 amide bonds. The van der Waals surface area contributed by atoms with Gasteiger partial charge in [-0.3, -0.25) is 24.6 Å². The molecule has 4 atom stereocenters. The highest BCUT2D eigenvalue weighted by atomic mass is 32.2. The fraction of sp³-hybridized carbons (Fsp3) is 0.184. The quantitative estimate of drug-likeness (QED) is 0.131. The molecule has 2 aliphatic rings. The van der Waals surface area contributed by atoms with Crippen LogP contribution in [0.5, 0.6) is 11.5 Å². The second-order valence-corrected chi connectivity index (χ2v) is 12.9. The van der Waals surface area contributed by atoms with Crippen LogP contribution in [0.1, 0.15) is 17.2 Å². The van der Waals surface area contributed by atoms with Crippen molar-refractivity contribution in [3.63, 3.8) is 0 Å². The molecular formula is C38H32N2O5S. The van der Waals surface area contributed by atoms with Gasteiger partial charge in [0.1, 0.15) is 17.0 Å². The molecule has 0 saturated carbocycles. The predicted octanol–water partition coefficient (Wildman–Crippen LogP) is 6.74. The molecule has 5 aromatic carbocycles. The van der Waals surface area contributed by atoms with Crippen LogP contribution in [0.3, 0.4) is 0 Å². The van der Waals surface area contributed by atoms with Gasteiger partial charge in [-0.15, -0.1) is 11.8 Å². The summed E-state index contributed by atoms with van der Waals surface area (Å²) in [7, 11) is 0. The van der Waals surface area contributed by atoms with Gasteiger partial charge >= 0.3 is 5.97 Å². The summed E-state index contributed by atoms with van der Waals surface area (Å²) in [4.78, 5) is 44.0. The molecule has 230 valence electrons. The van der Waals surface area contributed by atoms with Crippen molar-refractivity contribution in [2.45, 2.75) is 22.9 Å². The smallest absolute Gasteiger partial charge is 0.325 e. The third-order valence-corrected chi connectivity index (χ3v) is 9.96. The monoisotopic (exact) mass is 628 g/mol. The van der Waals surface area contributed by atoms with Gasteiger partial charge in [0.15, 0.2) is 0 Å². The van der Waals surface area contributed by atoms with Gasteiger partial charge in [0.05, 0.1) is 11.8 Å². The van der Waals surface area contributed by atoms with Crippen molar-refractivity contribution in [2.24, 2.45) is 11.8 Å². The van der Waals surface area contributed by atoms with Gasteiger partial charge in [-0.25, -0.2) is 0 Å². The normalized spacial score (nSPS) is 22.3. The Morgan fingerprint density at radius 3 is 2.15 bits per heavy atom. The molecule has 2 fully saturated rings. The van der Waals surface area contributed by atoms with E-state index >= 15 is 0 Å². The van der Waals surface area contributed by atoms with Crippen LogP contribution in [0.15, 0.2) is 132 Å². The van der Waals surface area contributed by atoms with E-state index < -0.39 is 35.3 Å². The zero-order chi connectivity index (χ0) is 31.7. The number of para-hydroxylation sites is 1. The van der Waals surface area contributed by atoms with E-state index in [1.807, 2.05) is 115 Å². The Balaban J connectivity index is 1.22. The molecular weight excluding hydrogens is 596 g/mol. The molecule has 2 heterocycles. The van der Waals surface area contributed by atoms with Crippen molar-refractivity contribution >= 4 is 40.3 Å². The molecule has 0 spiro atoms. The Kier molecular flexibility index (Phi) is 8.07. The number of benzene rings is 5. The molecule has 2 aliphatic heterocycles. The minimum Gasteiger partial charge on any atom is -0.480 e. The van der Waals surface area contributed by atoms with Crippen LogP contribution in [0.25, 0.3) is 10.8 Å². The van der Waals surface area contributed by atoms with Gasteiger partial charge < -0.3 is 9.84 Å². The number of likely N-dealkylation sites (tertiary alicyclic amines) is 1. The van der Waals surface area contributed by atoms with Crippen LogP contribution >= 0.6 is 11.8 Å². The lowest BCUT2D eigenvalue weighted by Gasteiger charge is -2.31. The number of hydrogen-bond donors (Lipinski definition) is 2. The van der Waals surface area contributed by atoms with Crippen LogP contribution in [-0.2, 0) is 20.8 Å². The van der Waals surface area contributed by atoms with E-state index in [9.17, 15) is 19.5 Å². The number of carboxylic acid groups (broad SMARTS) is 1. The summed E-state index contributed by atoms with van der Waals surface area (Å²) >= 11 is 1.56. The molecule has 5 aromatic rings. The van der Waals surface area contributed by atoms with Crippen LogP contribution in [-0.4, -0.2) is 45.6 Å². The molecule has 4 unspecified atom stereocenters. The maximum absolute atomic E-state index is 14.2. The highest BCUT2D eigenvalue weighted by Crippen LogP contribution is 2.50. The number of thioether (sulfide) groups is 1. The summed E-state index contributed by atoms with van der Waals surface area (Å²) in [6, 6.07) is 39.5. The maximum Gasteiger partial charge on any atom is 0.325 e. The first-order valence-electron chi connectivity index (χ1n) is 15.3. The molecule has 0 aliphatic carbocycles.